The van der Waals surface area contributed by atoms with E-state index in [-0.39, 0.29) is 21.2 Å². The van der Waals surface area contributed by atoms with Crippen molar-refractivity contribution < 1.29 is 14.7 Å². The quantitative estimate of drug-likeness (QED) is 0.427. The van der Waals surface area contributed by atoms with E-state index in [1.807, 2.05) is 17.5 Å². The van der Waals surface area contributed by atoms with E-state index < -0.39 is 17.9 Å². The summed E-state index contributed by atoms with van der Waals surface area (Å²) in [6.45, 7) is 0.384. The van der Waals surface area contributed by atoms with Crippen LogP contribution in [0.4, 0.5) is 0 Å². The van der Waals surface area contributed by atoms with Gasteiger partial charge in [0.05, 0.1) is 37.3 Å². The third kappa shape index (κ3) is 3.70. The molecule has 4 nitrogen and oxygen atoms in total. The summed E-state index contributed by atoms with van der Waals surface area (Å²) in [5.74, 6) is -1.73. The van der Waals surface area contributed by atoms with Gasteiger partial charge in [-0.2, -0.15) is 0 Å². The van der Waals surface area contributed by atoms with Crippen molar-refractivity contribution in [3.05, 3.63) is 89.0 Å². The van der Waals surface area contributed by atoms with Gasteiger partial charge in [-0.05, 0) is 41.6 Å². The first kappa shape index (κ1) is 21.5. The monoisotopic (exact) mass is 499 g/mol. The normalized spacial score (nSPS) is 15.7. The minimum atomic E-state index is -1.26. The van der Waals surface area contributed by atoms with Crippen LogP contribution in [0.3, 0.4) is 0 Å². The number of hydrogen-bond donors (Lipinski definition) is 1. The summed E-state index contributed by atoms with van der Waals surface area (Å²) in [5.41, 5.74) is 1.57. The Labute approximate surface area is 196 Å². The average Bonchev–Trinajstić information content (AvgIpc) is 3.19. The number of carboxylic acids is 1. The molecule has 1 atom stereocenters. The lowest BCUT2D eigenvalue weighted by molar-refractivity contribution is 0.0655. The summed E-state index contributed by atoms with van der Waals surface area (Å²) in [6.07, 6.45) is 0.642. The summed E-state index contributed by atoms with van der Waals surface area (Å²) in [7, 11) is 0. The lowest BCUT2D eigenvalue weighted by Gasteiger charge is -2.37. The molecule has 0 spiro atoms. The molecule has 1 amide bonds. The number of hydrogen-bond acceptors (Lipinski definition) is 3. The predicted molar refractivity (Wildman–Crippen MR) is 121 cm³/mol. The molecule has 3 aromatic rings. The fourth-order valence-electron chi connectivity index (χ4n) is 3.62. The summed E-state index contributed by atoms with van der Waals surface area (Å²) in [6, 6.07) is 9.30. The van der Waals surface area contributed by atoms with E-state index in [2.05, 4.69) is 0 Å². The van der Waals surface area contributed by atoms with Gasteiger partial charge in [-0.3, -0.25) is 4.79 Å². The zero-order valence-electron chi connectivity index (χ0n) is 15.2. The van der Waals surface area contributed by atoms with E-state index in [9.17, 15) is 14.7 Å². The topological polar surface area (TPSA) is 57.6 Å². The van der Waals surface area contributed by atoms with Crippen LogP contribution in [0.25, 0.3) is 0 Å². The fraction of sp³-hybridized carbons (Fsp3) is 0.143. The fourth-order valence-corrected chi connectivity index (χ4v) is 5.44. The molecule has 2 aromatic carbocycles. The number of amides is 1. The van der Waals surface area contributed by atoms with Gasteiger partial charge in [0.15, 0.2) is 0 Å². The standard InChI is InChI=1S/C21H13Cl4NO3S/c22-14-3-1-2-11(17(14)25)18-19-10(5-7-30-19)4-6-26(18)20(27)12-8-15(23)16(24)9-13(12)21(28)29/h1-3,5,7-9,18H,4,6H2,(H,28,29). The Bertz CT molecular complexity index is 1180. The van der Waals surface area contributed by atoms with Gasteiger partial charge in [-0.25, -0.2) is 4.79 Å². The molecule has 30 heavy (non-hydrogen) atoms. The predicted octanol–water partition coefficient (Wildman–Crippen LogP) is 6.85. The van der Waals surface area contributed by atoms with Gasteiger partial charge in [0.1, 0.15) is 0 Å². The zero-order valence-corrected chi connectivity index (χ0v) is 19.0. The number of carbonyl (C=O) groups excluding carboxylic acids is 1. The van der Waals surface area contributed by atoms with Crippen molar-refractivity contribution in [1.82, 2.24) is 4.90 Å². The second-order valence-electron chi connectivity index (χ2n) is 6.72. The first-order chi connectivity index (χ1) is 14.3. The van der Waals surface area contributed by atoms with Crippen LogP contribution >= 0.6 is 57.7 Å². The molecular formula is C21H13Cl4NO3S. The third-order valence-electron chi connectivity index (χ3n) is 5.02. The number of fused-ring (bicyclic) bond motifs is 1. The number of thiophene rings is 1. The number of carbonyl (C=O) groups is 2. The summed E-state index contributed by atoms with van der Waals surface area (Å²) in [4.78, 5) is 27.9. The van der Waals surface area contributed by atoms with E-state index in [1.165, 1.54) is 23.5 Å². The lowest BCUT2D eigenvalue weighted by Crippen LogP contribution is -2.40. The van der Waals surface area contributed by atoms with Crippen molar-refractivity contribution >= 4 is 69.6 Å². The van der Waals surface area contributed by atoms with Crippen molar-refractivity contribution in [3.8, 4) is 0 Å². The van der Waals surface area contributed by atoms with Crippen LogP contribution in [0, 0.1) is 0 Å². The van der Waals surface area contributed by atoms with E-state index >= 15 is 0 Å². The smallest absolute Gasteiger partial charge is 0.336 e. The molecule has 1 aromatic heterocycles. The van der Waals surface area contributed by atoms with Crippen LogP contribution in [0.15, 0.2) is 41.8 Å². The van der Waals surface area contributed by atoms with E-state index in [4.69, 9.17) is 46.4 Å². The van der Waals surface area contributed by atoms with E-state index in [0.717, 1.165) is 10.4 Å². The van der Waals surface area contributed by atoms with Gasteiger partial charge in [-0.15, -0.1) is 11.3 Å². The highest BCUT2D eigenvalue weighted by Gasteiger charge is 2.36. The van der Waals surface area contributed by atoms with E-state index in [0.29, 0.717) is 28.6 Å². The molecule has 2 heterocycles. The van der Waals surface area contributed by atoms with Crippen molar-refractivity contribution in [3.63, 3.8) is 0 Å². The molecule has 9 heteroatoms. The highest BCUT2D eigenvalue weighted by atomic mass is 35.5. The van der Waals surface area contributed by atoms with Crippen LogP contribution in [0.1, 0.15) is 42.8 Å². The number of aromatic carboxylic acids is 1. The molecule has 0 saturated heterocycles. The molecule has 0 fully saturated rings. The maximum Gasteiger partial charge on any atom is 0.336 e. The van der Waals surface area contributed by atoms with Gasteiger partial charge in [0.2, 0.25) is 0 Å². The second kappa shape index (κ2) is 8.40. The van der Waals surface area contributed by atoms with Crippen LogP contribution in [-0.4, -0.2) is 28.4 Å². The Balaban J connectivity index is 1.88. The first-order valence-corrected chi connectivity index (χ1v) is 11.2. The molecule has 1 unspecified atom stereocenters. The summed E-state index contributed by atoms with van der Waals surface area (Å²) < 4.78 is 0. The Morgan fingerprint density at radius 2 is 1.70 bits per heavy atom. The minimum Gasteiger partial charge on any atom is -0.478 e. The van der Waals surface area contributed by atoms with Crippen molar-refractivity contribution in [2.45, 2.75) is 12.5 Å². The lowest BCUT2D eigenvalue weighted by atomic mass is 9.93. The Hall–Kier alpha value is -1.76. The largest absolute Gasteiger partial charge is 0.478 e. The SMILES string of the molecule is O=C(O)c1cc(Cl)c(Cl)cc1C(=O)N1CCc2ccsc2C1c1cccc(Cl)c1Cl. The number of halogens is 4. The zero-order chi connectivity index (χ0) is 21.6. The van der Waals surface area contributed by atoms with Crippen molar-refractivity contribution in [2.24, 2.45) is 0 Å². The van der Waals surface area contributed by atoms with Crippen LogP contribution in [0.2, 0.25) is 20.1 Å². The maximum absolute atomic E-state index is 13.6. The summed E-state index contributed by atoms with van der Waals surface area (Å²) in [5, 5.41) is 12.5. The van der Waals surface area contributed by atoms with Gasteiger partial charge in [-0.1, -0.05) is 58.5 Å². The molecule has 1 aliphatic heterocycles. The molecular weight excluding hydrogens is 488 g/mol. The molecule has 0 radical (unpaired) electrons. The first-order valence-electron chi connectivity index (χ1n) is 8.83. The molecule has 4 rings (SSSR count). The number of nitrogens with zero attached hydrogens (tertiary/aromatic N) is 1. The highest BCUT2D eigenvalue weighted by Crippen LogP contribution is 2.43. The van der Waals surface area contributed by atoms with Crippen molar-refractivity contribution in [1.29, 1.82) is 0 Å². The van der Waals surface area contributed by atoms with Gasteiger partial charge in [0, 0.05) is 17.0 Å². The molecule has 1 aliphatic rings. The number of benzene rings is 2. The Morgan fingerprint density at radius 3 is 2.40 bits per heavy atom. The third-order valence-corrected chi connectivity index (χ3v) is 7.59. The Morgan fingerprint density at radius 1 is 1.00 bits per heavy atom. The van der Waals surface area contributed by atoms with Gasteiger partial charge >= 0.3 is 5.97 Å². The highest BCUT2D eigenvalue weighted by molar-refractivity contribution is 7.10. The average molecular weight is 501 g/mol. The molecule has 0 aliphatic carbocycles. The molecule has 0 saturated carbocycles. The molecule has 154 valence electrons. The van der Waals surface area contributed by atoms with Crippen molar-refractivity contribution in [2.75, 3.05) is 6.54 Å². The second-order valence-corrected chi connectivity index (χ2v) is 9.27. The van der Waals surface area contributed by atoms with Crippen LogP contribution in [-0.2, 0) is 6.42 Å². The molecule has 1 N–H and O–H groups in total. The summed E-state index contributed by atoms with van der Waals surface area (Å²) >= 11 is 26.4. The van der Waals surface area contributed by atoms with E-state index in [1.54, 1.807) is 17.0 Å². The Kier molecular flexibility index (Phi) is 6.02. The number of rotatable bonds is 3. The van der Waals surface area contributed by atoms with Gasteiger partial charge < -0.3 is 10.0 Å². The minimum absolute atomic E-state index is 0.0277. The van der Waals surface area contributed by atoms with Crippen LogP contribution < -0.4 is 0 Å². The maximum atomic E-state index is 13.6. The van der Waals surface area contributed by atoms with Crippen LogP contribution in [0.5, 0.6) is 0 Å². The number of carboxylic acid groups (broad SMARTS) is 1. The molecule has 0 bridgehead atoms. The van der Waals surface area contributed by atoms with Gasteiger partial charge in [0.25, 0.3) is 5.91 Å².